The van der Waals surface area contributed by atoms with E-state index in [2.05, 4.69) is 9.97 Å². The molecule has 1 saturated heterocycles. The molecule has 2 N–H and O–H groups in total. The Hall–Kier alpha value is -3.87. The zero-order valence-corrected chi connectivity index (χ0v) is 16.7. The molecule has 0 spiro atoms. The van der Waals surface area contributed by atoms with E-state index >= 15 is 0 Å². The van der Waals surface area contributed by atoms with Crippen LogP contribution in [0.15, 0.2) is 67.1 Å². The van der Waals surface area contributed by atoms with Gasteiger partial charge in [-0.25, -0.2) is 14.8 Å². The predicted molar refractivity (Wildman–Crippen MR) is 118 cm³/mol. The van der Waals surface area contributed by atoms with E-state index in [1.165, 1.54) is 6.33 Å². The van der Waals surface area contributed by atoms with Crippen molar-refractivity contribution in [2.45, 2.75) is 6.54 Å². The van der Waals surface area contributed by atoms with E-state index in [0.717, 1.165) is 33.4 Å². The Morgan fingerprint density at radius 1 is 1.00 bits per heavy atom. The molecule has 1 aliphatic rings. The number of rotatable bonds is 4. The quantitative estimate of drug-likeness (QED) is 0.569. The molecule has 30 heavy (non-hydrogen) atoms. The van der Waals surface area contributed by atoms with Crippen molar-refractivity contribution in [3.05, 3.63) is 72.7 Å². The second kappa shape index (κ2) is 7.18. The van der Waals surface area contributed by atoms with Crippen molar-refractivity contribution in [1.82, 2.24) is 19.4 Å². The third-order valence-electron chi connectivity index (χ3n) is 5.58. The van der Waals surface area contributed by atoms with Crippen LogP contribution in [0.4, 0.5) is 16.3 Å². The number of anilines is 2. The van der Waals surface area contributed by atoms with Crippen LogP contribution in [0, 0.1) is 0 Å². The fourth-order valence-electron chi connectivity index (χ4n) is 4.05. The van der Waals surface area contributed by atoms with Crippen LogP contribution in [0.5, 0.6) is 0 Å². The van der Waals surface area contributed by atoms with Crippen LogP contribution in [0.1, 0.15) is 5.56 Å². The topological polar surface area (TPSA) is 80.3 Å². The minimum atomic E-state index is 0.0365. The summed E-state index contributed by atoms with van der Waals surface area (Å²) in [6, 6.07) is 18.1. The first-order valence-corrected chi connectivity index (χ1v) is 9.88. The number of benzene rings is 2. The third kappa shape index (κ3) is 3.04. The number of urea groups is 1. The second-order valence-corrected chi connectivity index (χ2v) is 7.50. The lowest BCUT2D eigenvalue weighted by Gasteiger charge is -2.19. The van der Waals surface area contributed by atoms with Crippen molar-refractivity contribution in [3.8, 4) is 11.1 Å². The summed E-state index contributed by atoms with van der Waals surface area (Å²) in [6.45, 7) is 2.02. The minimum Gasteiger partial charge on any atom is -0.383 e. The monoisotopic (exact) mass is 398 g/mol. The predicted octanol–water partition coefficient (Wildman–Crippen LogP) is 3.66. The van der Waals surface area contributed by atoms with Crippen LogP contribution in [-0.2, 0) is 13.6 Å². The third-order valence-corrected chi connectivity index (χ3v) is 5.58. The van der Waals surface area contributed by atoms with Crippen molar-refractivity contribution in [1.29, 1.82) is 0 Å². The number of fused-ring (bicyclic) bond motifs is 1. The lowest BCUT2D eigenvalue weighted by Crippen LogP contribution is -2.31. The Morgan fingerprint density at radius 3 is 2.53 bits per heavy atom. The summed E-state index contributed by atoms with van der Waals surface area (Å²) < 4.78 is 1.95. The van der Waals surface area contributed by atoms with Crippen LogP contribution in [0.2, 0.25) is 0 Å². The van der Waals surface area contributed by atoms with E-state index < -0.39 is 0 Å². The van der Waals surface area contributed by atoms with Crippen molar-refractivity contribution in [2.75, 3.05) is 23.7 Å². The van der Waals surface area contributed by atoms with Crippen molar-refractivity contribution < 1.29 is 4.79 Å². The molecule has 0 radical (unpaired) electrons. The molecule has 5 rings (SSSR count). The summed E-state index contributed by atoms with van der Waals surface area (Å²) in [6.07, 6.45) is 3.48. The van der Waals surface area contributed by atoms with Crippen LogP contribution < -0.4 is 10.6 Å². The molecule has 2 aromatic carbocycles. The maximum absolute atomic E-state index is 12.9. The van der Waals surface area contributed by atoms with E-state index in [0.29, 0.717) is 25.5 Å². The van der Waals surface area contributed by atoms with Crippen molar-refractivity contribution in [2.24, 2.45) is 7.05 Å². The summed E-state index contributed by atoms with van der Waals surface area (Å²) >= 11 is 0. The molecule has 3 heterocycles. The Bertz CT molecular complexity index is 1220. The molecular weight excluding hydrogens is 376 g/mol. The summed E-state index contributed by atoms with van der Waals surface area (Å²) in [4.78, 5) is 25.1. The van der Waals surface area contributed by atoms with Gasteiger partial charge in [0.2, 0.25) is 0 Å². The lowest BCUT2D eigenvalue weighted by molar-refractivity contribution is 0.219. The van der Waals surface area contributed by atoms with Crippen LogP contribution in [0.3, 0.4) is 0 Å². The van der Waals surface area contributed by atoms with Gasteiger partial charge in [-0.1, -0.05) is 42.5 Å². The molecule has 0 unspecified atom stereocenters. The largest absolute Gasteiger partial charge is 0.383 e. The number of amides is 2. The number of aryl methyl sites for hydroxylation is 1. The Kier molecular flexibility index (Phi) is 4.35. The van der Waals surface area contributed by atoms with Gasteiger partial charge in [-0.2, -0.15) is 0 Å². The number of carbonyl (C=O) groups is 1. The number of aromatic nitrogens is 3. The lowest BCUT2D eigenvalue weighted by atomic mass is 10.1. The Labute approximate surface area is 174 Å². The first kappa shape index (κ1) is 18.2. The van der Waals surface area contributed by atoms with E-state index in [-0.39, 0.29) is 6.03 Å². The fraction of sp³-hybridized carbons (Fsp3) is 0.174. The second-order valence-electron chi connectivity index (χ2n) is 7.50. The zero-order valence-electron chi connectivity index (χ0n) is 16.7. The van der Waals surface area contributed by atoms with Gasteiger partial charge < -0.3 is 15.2 Å². The van der Waals surface area contributed by atoms with Crippen LogP contribution >= 0.6 is 0 Å². The minimum absolute atomic E-state index is 0.0365. The highest BCUT2D eigenvalue weighted by atomic mass is 16.2. The average Bonchev–Trinajstić information content (AvgIpc) is 3.30. The van der Waals surface area contributed by atoms with Gasteiger partial charge in [0, 0.05) is 44.1 Å². The number of hydrogen-bond acceptors (Lipinski definition) is 4. The number of nitrogens with zero attached hydrogens (tertiary/aromatic N) is 5. The molecule has 1 fully saturated rings. The standard InChI is InChI=1S/C23H22N6O/c1-27-14-19(20-21(24)25-15-26-22(20)27)17-7-9-18(10-8-17)29-12-11-28(23(29)30)13-16-5-3-2-4-6-16/h2-10,14-15H,11-13H2,1H3,(H2,24,25,26). The molecule has 0 aliphatic carbocycles. The normalized spacial score (nSPS) is 14.1. The molecule has 0 bridgehead atoms. The van der Waals surface area contributed by atoms with Crippen molar-refractivity contribution >= 4 is 28.6 Å². The van der Waals surface area contributed by atoms with E-state index in [4.69, 9.17) is 5.73 Å². The fourth-order valence-corrected chi connectivity index (χ4v) is 4.05. The smallest absolute Gasteiger partial charge is 0.324 e. The molecule has 2 aromatic heterocycles. The molecule has 1 aliphatic heterocycles. The summed E-state index contributed by atoms with van der Waals surface area (Å²) in [7, 11) is 1.94. The highest BCUT2D eigenvalue weighted by Crippen LogP contribution is 2.33. The summed E-state index contributed by atoms with van der Waals surface area (Å²) in [5.41, 5.74) is 10.9. The van der Waals surface area contributed by atoms with E-state index in [1.54, 1.807) is 0 Å². The van der Waals surface area contributed by atoms with Gasteiger partial charge in [-0.3, -0.25) is 4.90 Å². The van der Waals surface area contributed by atoms with Crippen molar-refractivity contribution in [3.63, 3.8) is 0 Å². The molecule has 150 valence electrons. The number of nitrogens with two attached hydrogens (primary N) is 1. The van der Waals surface area contributed by atoms with Gasteiger partial charge >= 0.3 is 6.03 Å². The highest BCUT2D eigenvalue weighted by Gasteiger charge is 2.29. The van der Waals surface area contributed by atoms with Gasteiger partial charge in [-0.05, 0) is 23.3 Å². The van der Waals surface area contributed by atoms with Gasteiger partial charge in [0.15, 0.2) is 0 Å². The van der Waals surface area contributed by atoms with E-state index in [9.17, 15) is 4.79 Å². The molecule has 0 saturated carbocycles. The maximum atomic E-state index is 12.9. The molecule has 4 aromatic rings. The number of nitrogen functional groups attached to an aromatic ring is 1. The SMILES string of the molecule is Cn1cc(-c2ccc(N3CCN(Cc4ccccc4)C3=O)cc2)c2c(N)ncnc21. The average molecular weight is 398 g/mol. The number of hydrogen-bond donors (Lipinski definition) is 1. The Morgan fingerprint density at radius 2 is 1.77 bits per heavy atom. The maximum Gasteiger partial charge on any atom is 0.324 e. The summed E-state index contributed by atoms with van der Waals surface area (Å²) in [5, 5.41) is 0.846. The molecule has 2 amide bonds. The molecule has 7 nitrogen and oxygen atoms in total. The van der Waals surface area contributed by atoms with Crippen LogP contribution in [0.25, 0.3) is 22.2 Å². The summed E-state index contributed by atoms with van der Waals surface area (Å²) in [5.74, 6) is 0.464. The van der Waals surface area contributed by atoms with Gasteiger partial charge in [-0.15, -0.1) is 0 Å². The Balaban J connectivity index is 1.39. The highest BCUT2D eigenvalue weighted by molar-refractivity contribution is 6.01. The van der Waals surface area contributed by atoms with Gasteiger partial charge in [0.25, 0.3) is 0 Å². The van der Waals surface area contributed by atoms with E-state index in [1.807, 2.05) is 82.2 Å². The van der Waals surface area contributed by atoms with Crippen LogP contribution in [-0.4, -0.2) is 38.6 Å². The van der Waals surface area contributed by atoms with Gasteiger partial charge in [0.1, 0.15) is 17.8 Å². The zero-order chi connectivity index (χ0) is 20.7. The molecule has 0 atom stereocenters. The first-order chi connectivity index (χ1) is 14.6. The first-order valence-electron chi connectivity index (χ1n) is 9.88. The molecular formula is C23H22N6O. The number of carbonyl (C=O) groups excluding carboxylic acids is 1. The van der Waals surface area contributed by atoms with Gasteiger partial charge in [0.05, 0.1) is 5.39 Å². The molecule has 7 heteroatoms.